The first-order valence-corrected chi connectivity index (χ1v) is 11.9. The van der Waals surface area contributed by atoms with Gasteiger partial charge in [0.25, 0.3) is 11.7 Å². The molecule has 1 amide bonds. The molecule has 0 saturated carbocycles. The van der Waals surface area contributed by atoms with E-state index in [0.717, 1.165) is 11.3 Å². The van der Waals surface area contributed by atoms with Crippen LogP contribution >= 0.6 is 0 Å². The van der Waals surface area contributed by atoms with E-state index in [2.05, 4.69) is 10.1 Å². The third-order valence-electron chi connectivity index (χ3n) is 6.61. The summed E-state index contributed by atoms with van der Waals surface area (Å²) in [6.45, 7) is 1.89. The third kappa shape index (κ3) is 4.28. The number of likely N-dealkylation sites (tertiary alicyclic amines) is 1. The lowest BCUT2D eigenvalue weighted by Gasteiger charge is -2.27. The summed E-state index contributed by atoms with van der Waals surface area (Å²) in [7, 11) is 3.03. The van der Waals surface area contributed by atoms with Gasteiger partial charge in [0.05, 0.1) is 49.0 Å². The Hall–Kier alpha value is -4.92. The van der Waals surface area contributed by atoms with Crippen molar-refractivity contribution in [3.05, 3.63) is 107 Å². The second kappa shape index (κ2) is 10.2. The maximum absolute atomic E-state index is 13.5. The van der Waals surface area contributed by atoms with Gasteiger partial charge in [-0.1, -0.05) is 24.3 Å². The van der Waals surface area contributed by atoms with Gasteiger partial charge in [0.2, 0.25) is 0 Å². The van der Waals surface area contributed by atoms with E-state index in [4.69, 9.17) is 9.47 Å². The predicted molar refractivity (Wildman–Crippen MR) is 140 cm³/mol. The molecule has 3 heterocycles. The molecule has 1 N–H and O–H groups in total. The summed E-state index contributed by atoms with van der Waals surface area (Å²) in [5, 5.41) is 16.0. The number of ether oxygens (including phenoxy) is 2. The van der Waals surface area contributed by atoms with Gasteiger partial charge in [-0.25, -0.2) is 4.68 Å². The SMILES string of the molecule is COc1ccc(OC)c(C2/C(=C(\O)c3cnn(-c4ccccc4)c3C)C(=O)C(=O)N2Cc2cccnc2)c1. The zero-order valence-corrected chi connectivity index (χ0v) is 21.2. The van der Waals surface area contributed by atoms with Gasteiger partial charge in [-0.3, -0.25) is 14.6 Å². The highest BCUT2D eigenvalue weighted by molar-refractivity contribution is 6.46. The zero-order valence-electron chi connectivity index (χ0n) is 21.2. The number of rotatable bonds is 7. The number of aliphatic hydroxyl groups excluding tert-OH is 1. The summed E-state index contributed by atoms with van der Waals surface area (Å²) in [6, 6.07) is 17.2. The molecular weight excluding hydrogens is 484 g/mol. The molecule has 9 nitrogen and oxygen atoms in total. The summed E-state index contributed by atoms with van der Waals surface area (Å²) in [5.74, 6) is -0.893. The van der Waals surface area contributed by atoms with Crippen molar-refractivity contribution in [3.63, 3.8) is 0 Å². The molecule has 0 radical (unpaired) electrons. The molecule has 192 valence electrons. The maximum atomic E-state index is 13.5. The smallest absolute Gasteiger partial charge is 0.295 e. The number of benzene rings is 2. The van der Waals surface area contributed by atoms with Crippen LogP contribution in [0.4, 0.5) is 0 Å². The van der Waals surface area contributed by atoms with Crippen molar-refractivity contribution in [1.82, 2.24) is 19.7 Å². The van der Waals surface area contributed by atoms with Crippen LogP contribution in [0.2, 0.25) is 0 Å². The van der Waals surface area contributed by atoms with Crippen molar-refractivity contribution >= 4 is 17.4 Å². The molecule has 2 aromatic carbocycles. The lowest BCUT2D eigenvalue weighted by atomic mass is 9.94. The Morgan fingerprint density at radius 2 is 1.79 bits per heavy atom. The largest absolute Gasteiger partial charge is 0.507 e. The van der Waals surface area contributed by atoms with E-state index in [-0.39, 0.29) is 17.9 Å². The molecule has 0 bridgehead atoms. The minimum Gasteiger partial charge on any atom is -0.507 e. The number of hydrogen-bond donors (Lipinski definition) is 1. The number of amides is 1. The Morgan fingerprint density at radius 1 is 1.00 bits per heavy atom. The van der Waals surface area contributed by atoms with Gasteiger partial charge < -0.3 is 19.5 Å². The van der Waals surface area contributed by atoms with Crippen molar-refractivity contribution in [2.45, 2.75) is 19.5 Å². The van der Waals surface area contributed by atoms with E-state index in [1.54, 1.807) is 48.3 Å². The third-order valence-corrected chi connectivity index (χ3v) is 6.61. The molecule has 1 unspecified atom stereocenters. The van der Waals surface area contributed by atoms with E-state index >= 15 is 0 Å². The Morgan fingerprint density at radius 3 is 2.47 bits per heavy atom. The minimum atomic E-state index is -0.945. The zero-order chi connectivity index (χ0) is 26.8. The van der Waals surface area contributed by atoms with Gasteiger partial charge in [-0.05, 0) is 48.9 Å². The van der Waals surface area contributed by atoms with Gasteiger partial charge in [0.15, 0.2) is 0 Å². The van der Waals surface area contributed by atoms with Crippen molar-refractivity contribution in [1.29, 1.82) is 0 Å². The van der Waals surface area contributed by atoms with Crippen LogP contribution in [0.3, 0.4) is 0 Å². The van der Waals surface area contributed by atoms with Gasteiger partial charge in [-0.15, -0.1) is 0 Å². The number of methoxy groups -OCH3 is 2. The van der Waals surface area contributed by atoms with Crippen molar-refractivity contribution < 1.29 is 24.2 Å². The number of Topliss-reactive ketones (excluding diaryl/α,β-unsaturated/α-hetero) is 1. The molecule has 1 aliphatic heterocycles. The van der Waals surface area contributed by atoms with Gasteiger partial charge in [0, 0.05) is 24.5 Å². The number of ketones is 1. The average molecular weight is 511 g/mol. The number of hydrogen-bond acceptors (Lipinski definition) is 7. The highest BCUT2D eigenvalue weighted by Crippen LogP contribution is 2.44. The second-order valence-electron chi connectivity index (χ2n) is 8.79. The fraction of sp³-hybridized carbons (Fsp3) is 0.172. The fourth-order valence-electron chi connectivity index (χ4n) is 4.72. The summed E-state index contributed by atoms with van der Waals surface area (Å²) in [5.41, 5.74) is 2.94. The van der Waals surface area contributed by atoms with Crippen molar-refractivity contribution in [3.8, 4) is 17.2 Å². The van der Waals surface area contributed by atoms with E-state index in [1.807, 2.05) is 36.4 Å². The molecule has 1 fully saturated rings. The van der Waals surface area contributed by atoms with Gasteiger partial charge in [-0.2, -0.15) is 5.10 Å². The Balaban J connectivity index is 1.70. The summed E-state index contributed by atoms with van der Waals surface area (Å²) in [4.78, 5) is 32.5. The molecule has 4 aromatic rings. The lowest BCUT2D eigenvalue weighted by Crippen LogP contribution is -2.29. The highest BCUT2D eigenvalue weighted by atomic mass is 16.5. The van der Waals surface area contributed by atoms with Crippen molar-refractivity contribution in [2.24, 2.45) is 0 Å². The van der Waals surface area contributed by atoms with Crippen LogP contribution in [0, 0.1) is 6.92 Å². The number of aromatic nitrogens is 3. The van der Waals surface area contributed by atoms with Crippen LogP contribution in [-0.2, 0) is 16.1 Å². The molecule has 38 heavy (non-hydrogen) atoms. The average Bonchev–Trinajstić information content (AvgIpc) is 3.46. The van der Waals surface area contributed by atoms with Crippen LogP contribution in [-0.4, -0.2) is 50.7 Å². The first-order chi connectivity index (χ1) is 18.4. The first kappa shape index (κ1) is 24.8. The predicted octanol–water partition coefficient (Wildman–Crippen LogP) is 4.21. The first-order valence-electron chi connectivity index (χ1n) is 11.9. The molecule has 1 saturated heterocycles. The number of aliphatic hydroxyl groups is 1. The van der Waals surface area contributed by atoms with Gasteiger partial charge in [0.1, 0.15) is 17.3 Å². The van der Waals surface area contributed by atoms with E-state index in [9.17, 15) is 14.7 Å². The lowest BCUT2D eigenvalue weighted by molar-refractivity contribution is -0.140. The molecule has 1 aliphatic rings. The fourth-order valence-corrected chi connectivity index (χ4v) is 4.72. The van der Waals surface area contributed by atoms with E-state index in [0.29, 0.717) is 28.3 Å². The quantitative estimate of drug-likeness (QED) is 0.225. The number of nitrogens with zero attached hydrogens (tertiary/aromatic N) is 4. The molecule has 0 spiro atoms. The number of carbonyl (C=O) groups excluding carboxylic acids is 2. The second-order valence-corrected chi connectivity index (χ2v) is 8.79. The Kier molecular flexibility index (Phi) is 6.66. The Labute approximate surface area is 219 Å². The summed E-state index contributed by atoms with van der Waals surface area (Å²) in [6.07, 6.45) is 4.76. The molecule has 1 atom stereocenters. The Bertz CT molecular complexity index is 1530. The molecule has 5 rings (SSSR count). The standard InChI is InChI=1S/C29H26N4O5/c1-18-23(16-31-33(18)20-9-5-4-6-10-20)27(34)25-26(22-14-21(37-2)11-12-24(22)38-3)32(29(36)28(25)35)17-19-8-7-13-30-15-19/h4-16,26,34H,17H2,1-3H3/b27-25+. The molecule has 2 aromatic heterocycles. The van der Waals surface area contributed by atoms with Crippen molar-refractivity contribution in [2.75, 3.05) is 14.2 Å². The van der Waals surface area contributed by atoms with Crippen LogP contribution in [0.25, 0.3) is 11.4 Å². The summed E-state index contributed by atoms with van der Waals surface area (Å²) < 4.78 is 12.7. The topological polar surface area (TPSA) is 107 Å². The highest BCUT2D eigenvalue weighted by Gasteiger charge is 2.47. The summed E-state index contributed by atoms with van der Waals surface area (Å²) >= 11 is 0. The molecule has 0 aliphatic carbocycles. The normalized spacial score (nSPS) is 16.6. The maximum Gasteiger partial charge on any atom is 0.295 e. The number of pyridine rings is 1. The minimum absolute atomic E-state index is 0.0545. The van der Waals surface area contributed by atoms with Crippen LogP contribution in [0.15, 0.2) is 84.8 Å². The van der Waals surface area contributed by atoms with E-state index in [1.165, 1.54) is 25.3 Å². The monoisotopic (exact) mass is 510 g/mol. The molecular formula is C29H26N4O5. The number of carbonyl (C=O) groups is 2. The van der Waals surface area contributed by atoms with Crippen LogP contribution in [0.1, 0.15) is 28.4 Å². The van der Waals surface area contributed by atoms with E-state index < -0.39 is 17.7 Å². The van der Waals surface area contributed by atoms with Crippen LogP contribution < -0.4 is 9.47 Å². The van der Waals surface area contributed by atoms with Crippen LogP contribution in [0.5, 0.6) is 11.5 Å². The molecule has 9 heteroatoms. The van der Waals surface area contributed by atoms with Gasteiger partial charge >= 0.3 is 0 Å². The number of para-hydroxylation sites is 1.